The Kier molecular flexibility index (Phi) is 3.81. The van der Waals surface area contributed by atoms with Gasteiger partial charge in [0.05, 0.1) is 10.6 Å². The molecule has 1 unspecified atom stereocenters. The molecule has 0 aromatic carbocycles. The quantitative estimate of drug-likeness (QED) is 0.722. The van der Waals surface area contributed by atoms with Gasteiger partial charge in [0.2, 0.25) is 0 Å². The van der Waals surface area contributed by atoms with Gasteiger partial charge in [-0.15, -0.1) is 11.3 Å². The lowest BCUT2D eigenvalue weighted by Crippen LogP contribution is -2.16. The topological polar surface area (TPSA) is 34.1 Å². The third kappa shape index (κ3) is 3.04. The maximum Gasteiger partial charge on any atom is 0.185 e. The van der Waals surface area contributed by atoms with Crippen LogP contribution in [0.5, 0.6) is 0 Å². The summed E-state index contributed by atoms with van der Waals surface area (Å²) in [7, 11) is -1.03. The van der Waals surface area contributed by atoms with Gasteiger partial charge in [-0.3, -0.25) is 9.00 Å². The van der Waals surface area contributed by atoms with E-state index in [-0.39, 0.29) is 16.8 Å². The molecule has 0 fully saturated rings. The summed E-state index contributed by atoms with van der Waals surface area (Å²) in [6.07, 6.45) is 0. The highest BCUT2D eigenvalue weighted by atomic mass is 32.2. The van der Waals surface area contributed by atoms with Gasteiger partial charge in [0.1, 0.15) is 0 Å². The van der Waals surface area contributed by atoms with Crippen molar-refractivity contribution >= 4 is 27.9 Å². The van der Waals surface area contributed by atoms with E-state index in [1.54, 1.807) is 6.07 Å². The maximum absolute atomic E-state index is 11.4. The Balaban J connectivity index is 2.57. The Hall–Kier alpha value is -0.480. The highest BCUT2D eigenvalue weighted by Gasteiger charge is 2.13. The third-order valence-electron chi connectivity index (χ3n) is 1.60. The number of carbonyl (C=O) groups excluding carboxylic acids is 1. The molecular weight excluding hydrogens is 204 g/mol. The van der Waals surface area contributed by atoms with Crippen LogP contribution in [0.25, 0.3) is 0 Å². The highest BCUT2D eigenvalue weighted by Crippen LogP contribution is 2.10. The molecule has 4 heteroatoms. The predicted octanol–water partition coefficient (Wildman–Crippen LogP) is 2.09. The first kappa shape index (κ1) is 10.6. The van der Waals surface area contributed by atoms with Crippen LogP contribution < -0.4 is 0 Å². The summed E-state index contributed by atoms with van der Waals surface area (Å²) in [6, 6.07) is 3.60. The standard InChI is InChI=1S/C9H12O2S2/c1-7(2)13(11)6-8(10)9-4-3-5-12-9/h3-5,7H,6H2,1-2H3. The Labute approximate surface area is 84.4 Å². The highest BCUT2D eigenvalue weighted by molar-refractivity contribution is 7.86. The lowest BCUT2D eigenvalue weighted by atomic mass is 10.4. The molecular formula is C9H12O2S2. The van der Waals surface area contributed by atoms with Crippen LogP contribution in [0.15, 0.2) is 17.5 Å². The lowest BCUT2D eigenvalue weighted by Gasteiger charge is -2.02. The summed E-state index contributed by atoms with van der Waals surface area (Å²) in [6.45, 7) is 3.72. The average Bonchev–Trinajstić information content (AvgIpc) is 2.55. The van der Waals surface area contributed by atoms with E-state index in [1.807, 2.05) is 25.3 Å². The molecule has 72 valence electrons. The van der Waals surface area contributed by atoms with Crippen molar-refractivity contribution in [3.05, 3.63) is 22.4 Å². The molecule has 1 atom stereocenters. The fourth-order valence-corrected chi connectivity index (χ4v) is 2.31. The number of rotatable bonds is 4. The van der Waals surface area contributed by atoms with Crippen LogP contribution in [0, 0.1) is 0 Å². The van der Waals surface area contributed by atoms with E-state index in [9.17, 15) is 9.00 Å². The van der Waals surface area contributed by atoms with Crippen LogP contribution >= 0.6 is 11.3 Å². The summed E-state index contributed by atoms with van der Waals surface area (Å²) >= 11 is 1.40. The minimum Gasteiger partial charge on any atom is -0.292 e. The Morgan fingerprint density at radius 3 is 2.77 bits per heavy atom. The number of ketones is 1. The van der Waals surface area contributed by atoms with E-state index >= 15 is 0 Å². The van der Waals surface area contributed by atoms with Crippen molar-refractivity contribution in [1.29, 1.82) is 0 Å². The van der Waals surface area contributed by atoms with Crippen LogP contribution in [0.2, 0.25) is 0 Å². The van der Waals surface area contributed by atoms with Gasteiger partial charge in [0.15, 0.2) is 5.78 Å². The minimum absolute atomic E-state index is 0.0120. The van der Waals surface area contributed by atoms with Crippen molar-refractivity contribution in [1.82, 2.24) is 0 Å². The average molecular weight is 216 g/mol. The van der Waals surface area contributed by atoms with Crippen molar-refractivity contribution in [3.8, 4) is 0 Å². The van der Waals surface area contributed by atoms with Gasteiger partial charge in [-0.25, -0.2) is 0 Å². The van der Waals surface area contributed by atoms with E-state index < -0.39 is 10.8 Å². The lowest BCUT2D eigenvalue weighted by molar-refractivity contribution is 0.102. The van der Waals surface area contributed by atoms with Gasteiger partial charge >= 0.3 is 0 Å². The van der Waals surface area contributed by atoms with Crippen molar-refractivity contribution in [2.24, 2.45) is 0 Å². The Morgan fingerprint density at radius 1 is 1.62 bits per heavy atom. The van der Waals surface area contributed by atoms with Crippen LogP contribution in [0.3, 0.4) is 0 Å². The first-order valence-electron chi connectivity index (χ1n) is 4.05. The van der Waals surface area contributed by atoms with Crippen LogP contribution in [0.4, 0.5) is 0 Å². The second kappa shape index (κ2) is 4.67. The molecule has 1 rings (SSSR count). The van der Waals surface area contributed by atoms with E-state index in [4.69, 9.17) is 0 Å². The number of hydrogen-bond acceptors (Lipinski definition) is 3. The van der Waals surface area contributed by atoms with Crippen LogP contribution in [-0.2, 0) is 10.8 Å². The molecule has 0 N–H and O–H groups in total. The fourth-order valence-electron chi connectivity index (χ4n) is 0.804. The molecule has 0 spiro atoms. The van der Waals surface area contributed by atoms with Crippen molar-refractivity contribution in [3.63, 3.8) is 0 Å². The van der Waals surface area contributed by atoms with Gasteiger partial charge in [-0.05, 0) is 11.4 Å². The minimum atomic E-state index is -1.03. The smallest absolute Gasteiger partial charge is 0.185 e. The zero-order valence-corrected chi connectivity index (χ0v) is 9.28. The van der Waals surface area contributed by atoms with Crippen molar-refractivity contribution < 1.29 is 9.00 Å². The van der Waals surface area contributed by atoms with Crippen molar-refractivity contribution in [2.75, 3.05) is 5.75 Å². The Bertz CT molecular complexity index is 301. The fraction of sp³-hybridized carbons (Fsp3) is 0.444. The molecule has 13 heavy (non-hydrogen) atoms. The summed E-state index contributed by atoms with van der Waals surface area (Å²) in [5, 5.41) is 1.91. The molecule has 0 aliphatic carbocycles. The molecule has 0 saturated heterocycles. The summed E-state index contributed by atoms with van der Waals surface area (Å²) in [5.41, 5.74) is 0. The SMILES string of the molecule is CC(C)S(=O)CC(=O)c1cccs1. The van der Waals surface area contributed by atoms with Crippen LogP contribution in [-0.4, -0.2) is 21.0 Å². The predicted molar refractivity (Wildman–Crippen MR) is 56.8 cm³/mol. The van der Waals surface area contributed by atoms with Gasteiger partial charge in [-0.2, -0.15) is 0 Å². The Morgan fingerprint density at radius 2 is 2.31 bits per heavy atom. The summed E-state index contributed by atoms with van der Waals surface area (Å²) in [5.74, 6) is 0.139. The van der Waals surface area contributed by atoms with Gasteiger partial charge in [0, 0.05) is 16.0 Å². The molecule has 0 amide bonds. The van der Waals surface area contributed by atoms with Gasteiger partial charge in [-0.1, -0.05) is 19.9 Å². The van der Waals surface area contributed by atoms with E-state index in [1.165, 1.54) is 11.3 Å². The first-order valence-corrected chi connectivity index (χ1v) is 6.31. The molecule has 1 heterocycles. The van der Waals surface area contributed by atoms with Gasteiger partial charge < -0.3 is 0 Å². The normalized spacial score (nSPS) is 13.2. The number of hydrogen-bond donors (Lipinski definition) is 0. The molecule has 0 aliphatic heterocycles. The number of carbonyl (C=O) groups is 1. The summed E-state index contributed by atoms with van der Waals surface area (Å²) < 4.78 is 11.3. The zero-order valence-electron chi connectivity index (χ0n) is 7.65. The first-order chi connectivity index (χ1) is 6.11. The molecule has 1 aromatic rings. The molecule has 0 aliphatic rings. The monoisotopic (exact) mass is 216 g/mol. The molecule has 0 saturated carbocycles. The molecule has 2 nitrogen and oxygen atoms in total. The largest absolute Gasteiger partial charge is 0.292 e. The van der Waals surface area contributed by atoms with Gasteiger partial charge in [0.25, 0.3) is 0 Å². The summed E-state index contributed by atoms with van der Waals surface area (Å²) in [4.78, 5) is 12.1. The van der Waals surface area contributed by atoms with Crippen LogP contribution in [0.1, 0.15) is 23.5 Å². The maximum atomic E-state index is 11.4. The van der Waals surface area contributed by atoms with E-state index in [0.717, 1.165) is 0 Å². The number of Topliss-reactive ketones (excluding diaryl/α,β-unsaturated/α-hetero) is 1. The molecule has 0 bridgehead atoms. The molecule has 1 aromatic heterocycles. The van der Waals surface area contributed by atoms with E-state index in [2.05, 4.69) is 0 Å². The second-order valence-electron chi connectivity index (χ2n) is 2.97. The van der Waals surface area contributed by atoms with Crippen molar-refractivity contribution in [2.45, 2.75) is 19.1 Å². The van der Waals surface area contributed by atoms with E-state index in [0.29, 0.717) is 4.88 Å². The third-order valence-corrected chi connectivity index (χ3v) is 4.10. The second-order valence-corrected chi connectivity index (χ2v) is 5.91. The zero-order chi connectivity index (χ0) is 9.84. The number of thiophene rings is 1. The molecule has 0 radical (unpaired) electrons.